The Kier molecular flexibility index (Phi) is 6.84. The van der Waals surface area contributed by atoms with Crippen LogP contribution in [0.25, 0.3) is 0 Å². The average molecular weight is 412 g/mol. The molecule has 0 saturated heterocycles. The highest BCUT2D eigenvalue weighted by molar-refractivity contribution is 7.04. The maximum atomic E-state index is 14.0. The number of carbonyl (C=O) groups excluding carboxylic acids is 3. The van der Waals surface area contributed by atoms with E-state index in [1.165, 1.54) is 6.92 Å². The van der Waals surface area contributed by atoms with Gasteiger partial charge in [-0.1, -0.05) is 6.92 Å². The first kappa shape index (κ1) is 20.8. The van der Waals surface area contributed by atoms with Crippen molar-refractivity contribution in [3.05, 3.63) is 29.3 Å². The molecule has 0 radical (unpaired) electrons. The van der Waals surface area contributed by atoms with Gasteiger partial charge in [0, 0.05) is 6.07 Å². The van der Waals surface area contributed by atoms with E-state index in [1.807, 2.05) is 0 Å². The first-order valence-electron chi connectivity index (χ1n) is 7.64. The van der Waals surface area contributed by atoms with E-state index in [-0.39, 0.29) is 12.5 Å². The molecule has 12 heteroatoms. The molecule has 0 fully saturated rings. The topological polar surface area (TPSA) is 91.3 Å². The summed E-state index contributed by atoms with van der Waals surface area (Å²) >= 11 is 0. The van der Waals surface area contributed by atoms with Gasteiger partial charge in [0.15, 0.2) is 17.4 Å². The lowest BCUT2D eigenvalue weighted by Gasteiger charge is -2.29. The fraction of sp³-hybridized carbons (Fsp3) is 0.400. The number of benzene rings is 1. The molecular weight excluding hydrogens is 397 g/mol. The van der Waals surface area contributed by atoms with E-state index < -0.39 is 67.4 Å². The van der Waals surface area contributed by atoms with Crippen LogP contribution in [0.3, 0.4) is 0 Å². The van der Waals surface area contributed by atoms with Gasteiger partial charge < -0.3 is 14.2 Å². The second-order valence-electron chi connectivity index (χ2n) is 4.97. The highest BCUT2D eigenvalue weighted by Crippen LogP contribution is 2.32. The van der Waals surface area contributed by atoms with E-state index >= 15 is 0 Å². The van der Waals surface area contributed by atoms with Crippen LogP contribution in [-0.2, 0) is 23.9 Å². The molecule has 0 aliphatic carbocycles. The number of esters is 2. The van der Waals surface area contributed by atoms with Crippen LogP contribution in [0.2, 0.25) is 0 Å². The Morgan fingerprint density at radius 1 is 1.15 bits per heavy atom. The average Bonchev–Trinajstić information content (AvgIpc) is 2.69. The van der Waals surface area contributed by atoms with Gasteiger partial charge in [-0.05, 0) is 15.4 Å². The van der Waals surface area contributed by atoms with Crippen molar-refractivity contribution < 1.29 is 46.2 Å². The second-order valence-corrected chi connectivity index (χ2v) is 5.20. The molecule has 0 saturated carbocycles. The molecule has 0 bridgehead atoms. The van der Waals surface area contributed by atoms with Crippen LogP contribution in [-0.4, -0.2) is 44.9 Å². The molecule has 1 aromatic carbocycles. The molecule has 0 amide bonds. The fourth-order valence-electron chi connectivity index (χ4n) is 2.05. The van der Waals surface area contributed by atoms with Gasteiger partial charge in [0.25, 0.3) is 0 Å². The number of hydrogen-bond donors (Lipinski definition) is 0. The molecule has 1 aromatic rings. The lowest BCUT2D eigenvalue weighted by Crippen LogP contribution is -2.62. The van der Waals surface area contributed by atoms with Crippen molar-refractivity contribution in [2.45, 2.75) is 25.0 Å². The molecule has 0 unspecified atom stereocenters. The molecule has 1 atom stereocenters. The third-order valence-corrected chi connectivity index (χ3v) is 3.73. The summed E-state index contributed by atoms with van der Waals surface area (Å²) in [6.07, 6.45) is -0.160. The molecule has 1 rings (SSSR count). The number of rotatable bonds is 8. The molecule has 0 spiro atoms. The summed E-state index contributed by atoms with van der Waals surface area (Å²) in [6, 6.07) is -1.68. The maximum absolute atomic E-state index is 14.0. The van der Waals surface area contributed by atoms with Crippen LogP contribution < -0.4 is 4.74 Å². The number of halogens is 4. The van der Waals surface area contributed by atoms with Crippen molar-refractivity contribution in [3.63, 3.8) is 0 Å². The molecule has 0 N–H and O–H groups in total. The minimum atomic E-state index is -3.49. The highest BCUT2D eigenvalue weighted by Gasteiger charge is 2.61. The minimum absolute atomic E-state index is 0.138. The summed E-state index contributed by atoms with van der Waals surface area (Å²) in [5.74, 6) is -14.9. The van der Waals surface area contributed by atoms with Gasteiger partial charge in [-0.15, -0.1) is 0 Å². The third-order valence-electron chi connectivity index (χ3n) is 3.45. The van der Waals surface area contributed by atoms with Gasteiger partial charge in [-0.3, -0.25) is 9.54 Å². The zero-order valence-electron chi connectivity index (χ0n) is 15.2. The number of nitrogens with zero attached hydrogens (tertiary/aromatic N) is 1. The van der Waals surface area contributed by atoms with E-state index in [4.69, 9.17) is 1.28 Å². The molecule has 7 nitrogen and oxygen atoms in total. The molecule has 0 aromatic heterocycles. The SMILES string of the molecule is [2H]P=N[C@@H](CC)C(=O)C(Oc1c(F)c(F)cc(F)c1F)(C(=O)OC)C(=O)OC. The van der Waals surface area contributed by atoms with Crippen molar-refractivity contribution in [2.75, 3.05) is 14.2 Å². The Morgan fingerprint density at radius 3 is 2.00 bits per heavy atom. The first-order valence-corrected chi connectivity index (χ1v) is 7.59. The van der Waals surface area contributed by atoms with E-state index in [0.717, 1.165) is 14.2 Å². The summed E-state index contributed by atoms with van der Waals surface area (Å²) in [4.78, 5) is 37.5. The van der Waals surface area contributed by atoms with Gasteiger partial charge in [0.2, 0.25) is 17.4 Å². The van der Waals surface area contributed by atoms with E-state index in [1.54, 1.807) is 0 Å². The molecule has 0 heterocycles. The van der Waals surface area contributed by atoms with Crippen LogP contribution in [0.5, 0.6) is 5.75 Å². The number of hydrogen-bond acceptors (Lipinski definition) is 7. The molecule has 27 heavy (non-hydrogen) atoms. The van der Waals surface area contributed by atoms with Crippen LogP contribution in [0.1, 0.15) is 13.3 Å². The number of methoxy groups -OCH3 is 2. The molecule has 0 aliphatic rings. The molecular formula is C15H14F4NO6P. The van der Waals surface area contributed by atoms with E-state index in [0.29, 0.717) is 0 Å². The monoisotopic (exact) mass is 412 g/mol. The predicted molar refractivity (Wildman–Crippen MR) is 83.5 cm³/mol. The number of carbonyl (C=O) groups is 3. The Hall–Kier alpha value is -2.55. The van der Waals surface area contributed by atoms with Crippen LogP contribution in [0, 0.1) is 23.3 Å². The zero-order chi connectivity index (χ0) is 21.6. The van der Waals surface area contributed by atoms with Gasteiger partial charge in [-0.2, -0.15) is 8.78 Å². The van der Waals surface area contributed by atoms with Crippen LogP contribution in [0.4, 0.5) is 17.6 Å². The fourth-order valence-corrected chi connectivity index (χ4v) is 2.32. The van der Waals surface area contributed by atoms with Crippen molar-refractivity contribution in [2.24, 2.45) is 4.74 Å². The largest absolute Gasteiger partial charge is 0.465 e. The quantitative estimate of drug-likeness (QED) is 0.214. The molecule has 0 aliphatic heterocycles. The van der Waals surface area contributed by atoms with Crippen molar-refractivity contribution in [3.8, 4) is 5.75 Å². The Labute approximate surface area is 154 Å². The highest BCUT2D eigenvalue weighted by atomic mass is 31.0. The van der Waals surface area contributed by atoms with Gasteiger partial charge >= 0.3 is 17.5 Å². The summed E-state index contributed by atoms with van der Waals surface area (Å²) in [6.45, 7) is 1.39. The standard InChI is InChI=1S/C15H14F4NO6P/c1-4-8(20-27)12(21)15(13(22)24-2,14(23)25-3)26-11-9(18)6(16)5-7(17)10(11)19/h5,8,27H,4H2,1-3H3/t8-/m0/s1/i27D. The minimum Gasteiger partial charge on any atom is -0.465 e. The van der Waals surface area contributed by atoms with Crippen LogP contribution >= 0.6 is 8.98 Å². The second kappa shape index (κ2) is 8.90. The van der Waals surface area contributed by atoms with Gasteiger partial charge in [0.1, 0.15) is 7.32 Å². The summed E-state index contributed by atoms with van der Waals surface area (Å²) in [7, 11) is 1.01. The van der Waals surface area contributed by atoms with Crippen molar-refractivity contribution >= 4 is 26.7 Å². The first-order chi connectivity index (χ1) is 13.1. The van der Waals surface area contributed by atoms with E-state index in [2.05, 4.69) is 19.0 Å². The lowest BCUT2D eigenvalue weighted by atomic mass is 9.91. The normalized spacial score (nSPS) is 13.1. The third kappa shape index (κ3) is 3.92. The Morgan fingerprint density at radius 2 is 1.63 bits per heavy atom. The van der Waals surface area contributed by atoms with Crippen LogP contribution in [0.15, 0.2) is 10.8 Å². The predicted octanol–water partition coefficient (Wildman–Crippen LogP) is 2.38. The molecule has 148 valence electrons. The van der Waals surface area contributed by atoms with E-state index in [9.17, 15) is 31.9 Å². The zero-order valence-corrected chi connectivity index (χ0v) is 15.1. The lowest BCUT2D eigenvalue weighted by molar-refractivity contribution is -0.180. The van der Waals surface area contributed by atoms with Crippen molar-refractivity contribution in [1.82, 2.24) is 0 Å². The summed E-state index contributed by atoms with van der Waals surface area (Å²) in [5.41, 5.74) is -3.49. The summed E-state index contributed by atoms with van der Waals surface area (Å²) < 4.78 is 78.9. The summed E-state index contributed by atoms with van der Waals surface area (Å²) in [5, 5.41) is 0. The Balaban J connectivity index is 3.80. The van der Waals surface area contributed by atoms with Gasteiger partial charge in [0.05, 0.1) is 14.2 Å². The Bertz CT molecular complexity index is 780. The smallest absolute Gasteiger partial charge is 0.370 e. The maximum Gasteiger partial charge on any atom is 0.370 e. The van der Waals surface area contributed by atoms with Gasteiger partial charge in [-0.25, -0.2) is 18.4 Å². The number of ketones is 1. The number of ether oxygens (including phenoxy) is 3. The van der Waals surface area contributed by atoms with Crippen molar-refractivity contribution in [1.29, 1.82) is 1.28 Å². The number of Topliss-reactive ketones (excluding diaryl/α,β-unsaturated/α-hetero) is 1.